The lowest BCUT2D eigenvalue weighted by atomic mass is 10.2. The van der Waals surface area contributed by atoms with Gasteiger partial charge < -0.3 is 14.5 Å². The van der Waals surface area contributed by atoms with Gasteiger partial charge in [0.05, 0.1) is 0 Å². The van der Waals surface area contributed by atoms with Crippen LogP contribution in [0.3, 0.4) is 0 Å². The minimum absolute atomic E-state index is 0.109. The zero-order valence-electron chi connectivity index (χ0n) is 11.8. The summed E-state index contributed by atoms with van der Waals surface area (Å²) in [6.45, 7) is 5.42. The predicted octanol–water partition coefficient (Wildman–Crippen LogP) is 1.03. The fourth-order valence-corrected chi connectivity index (χ4v) is 2.64. The van der Waals surface area contributed by atoms with Crippen molar-refractivity contribution in [3.05, 3.63) is 0 Å². The Labute approximate surface area is 114 Å². The molecule has 0 N–H and O–H groups in total. The topological polar surface area (TPSA) is 49.9 Å². The van der Waals surface area contributed by atoms with Gasteiger partial charge in [-0.25, -0.2) is 0 Å². The Morgan fingerprint density at radius 1 is 1.16 bits per heavy atom. The van der Waals surface area contributed by atoms with Crippen LogP contribution in [-0.4, -0.2) is 60.5 Å². The zero-order chi connectivity index (χ0) is 13.7. The van der Waals surface area contributed by atoms with Gasteiger partial charge in [0.1, 0.15) is 6.10 Å². The van der Waals surface area contributed by atoms with Crippen LogP contribution in [0.25, 0.3) is 0 Å². The first-order chi connectivity index (χ1) is 9.22. The summed E-state index contributed by atoms with van der Waals surface area (Å²) in [6, 6.07) is 0. The van der Waals surface area contributed by atoms with E-state index in [2.05, 4.69) is 6.92 Å². The summed E-state index contributed by atoms with van der Waals surface area (Å²) in [5, 5.41) is 0. The predicted molar refractivity (Wildman–Crippen MR) is 71.7 cm³/mol. The maximum Gasteiger partial charge on any atom is 0.251 e. The van der Waals surface area contributed by atoms with Crippen molar-refractivity contribution in [1.29, 1.82) is 0 Å². The van der Waals surface area contributed by atoms with Gasteiger partial charge in [-0.15, -0.1) is 0 Å². The monoisotopic (exact) mass is 268 g/mol. The molecule has 2 amide bonds. The number of carbonyl (C=O) groups is 2. The van der Waals surface area contributed by atoms with Gasteiger partial charge in [-0.3, -0.25) is 9.59 Å². The molecule has 108 valence electrons. The van der Waals surface area contributed by atoms with Gasteiger partial charge >= 0.3 is 0 Å². The zero-order valence-corrected chi connectivity index (χ0v) is 11.8. The number of hydrogen-bond donors (Lipinski definition) is 0. The standard InChI is InChI=1S/C14H24N2O3/c1-2-3-6-13(17)15-7-9-16(10-8-15)14(18)12-5-4-11-19-12/h12H,2-11H2,1H3. The van der Waals surface area contributed by atoms with Crippen LogP contribution in [0.4, 0.5) is 0 Å². The fraction of sp³-hybridized carbons (Fsp3) is 0.857. The number of nitrogens with zero attached hydrogens (tertiary/aromatic N) is 2. The van der Waals surface area contributed by atoms with Gasteiger partial charge in [-0.05, 0) is 19.3 Å². The van der Waals surface area contributed by atoms with E-state index < -0.39 is 0 Å². The van der Waals surface area contributed by atoms with E-state index in [1.807, 2.05) is 9.80 Å². The number of piperazine rings is 1. The molecule has 5 nitrogen and oxygen atoms in total. The normalized spacial score (nSPS) is 23.7. The SMILES string of the molecule is CCCCC(=O)N1CCN(C(=O)C2CCCO2)CC1. The molecule has 0 saturated carbocycles. The van der Waals surface area contributed by atoms with Crippen molar-refractivity contribution in [2.75, 3.05) is 32.8 Å². The van der Waals surface area contributed by atoms with Crippen molar-refractivity contribution >= 4 is 11.8 Å². The Hall–Kier alpha value is -1.10. The average Bonchev–Trinajstić information content (AvgIpc) is 2.98. The second-order valence-electron chi connectivity index (χ2n) is 5.31. The molecule has 0 spiro atoms. The highest BCUT2D eigenvalue weighted by molar-refractivity contribution is 5.82. The molecule has 2 saturated heterocycles. The molecule has 2 aliphatic rings. The van der Waals surface area contributed by atoms with Crippen molar-refractivity contribution in [3.8, 4) is 0 Å². The van der Waals surface area contributed by atoms with Gasteiger partial charge in [-0.2, -0.15) is 0 Å². The maximum atomic E-state index is 12.1. The summed E-state index contributed by atoms with van der Waals surface area (Å²) in [5.74, 6) is 0.337. The third-order valence-electron chi connectivity index (χ3n) is 3.89. The van der Waals surface area contributed by atoms with Crippen LogP contribution in [-0.2, 0) is 14.3 Å². The molecule has 0 aromatic heterocycles. The molecule has 2 aliphatic heterocycles. The molecule has 5 heteroatoms. The summed E-state index contributed by atoms with van der Waals surface area (Å²) in [7, 11) is 0. The fourth-order valence-electron chi connectivity index (χ4n) is 2.64. The van der Waals surface area contributed by atoms with E-state index in [-0.39, 0.29) is 17.9 Å². The van der Waals surface area contributed by atoms with E-state index in [4.69, 9.17) is 4.74 Å². The van der Waals surface area contributed by atoms with Crippen molar-refractivity contribution in [2.24, 2.45) is 0 Å². The van der Waals surface area contributed by atoms with E-state index >= 15 is 0 Å². The third-order valence-corrected chi connectivity index (χ3v) is 3.89. The number of carbonyl (C=O) groups excluding carboxylic acids is 2. The first-order valence-electron chi connectivity index (χ1n) is 7.40. The Balaban J connectivity index is 1.75. The number of ether oxygens (including phenoxy) is 1. The summed E-state index contributed by atoms with van der Waals surface area (Å²) in [5.41, 5.74) is 0. The van der Waals surface area contributed by atoms with Crippen molar-refractivity contribution in [2.45, 2.75) is 45.1 Å². The van der Waals surface area contributed by atoms with Crippen molar-refractivity contribution in [3.63, 3.8) is 0 Å². The van der Waals surface area contributed by atoms with Crippen LogP contribution in [0.5, 0.6) is 0 Å². The van der Waals surface area contributed by atoms with Gasteiger partial charge in [-0.1, -0.05) is 13.3 Å². The molecule has 0 aromatic rings. The van der Waals surface area contributed by atoms with Crippen LogP contribution < -0.4 is 0 Å². The van der Waals surface area contributed by atoms with E-state index in [9.17, 15) is 9.59 Å². The van der Waals surface area contributed by atoms with Crippen molar-refractivity contribution < 1.29 is 14.3 Å². The smallest absolute Gasteiger partial charge is 0.251 e. The molecular formula is C14H24N2O3. The first kappa shape index (κ1) is 14.3. The molecule has 2 fully saturated rings. The summed E-state index contributed by atoms with van der Waals surface area (Å²) in [4.78, 5) is 27.8. The third kappa shape index (κ3) is 3.69. The molecule has 1 unspecified atom stereocenters. The second-order valence-corrected chi connectivity index (χ2v) is 5.31. The highest BCUT2D eigenvalue weighted by atomic mass is 16.5. The van der Waals surface area contributed by atoms with Crippen LogP contribution in [0.2, 0.25) is 0 Å². The van der Waals surface area contributed by atoms with E-state index in [0.717, 1.165) is 25.7 Å². The largest absolute Gasteiger partial charge is 0.368 e. The minimum atomic E-state index is -0.234. The molecule has 0 aromatic carbocycles. The molecule has 0 radical (unpaired) electrons. The van der Waals surface area contributed by atoms with Crippen LogP contribution >= 0.6 is 0 Å². The van der Waals surface area contributed by atoms with E-state index in [0.29, 0.717) is 39.2 Å². The first-order valence-corrected chi connectivity index (χ1v) is 7.40. The average molecular weight is 268 g/mol. The second kappa shape index (κ2) is 6.89. The van der Waals surface area contributed by atoms with Crippen LogP contribution in [0.15, 0.2) is 0 Å². The lowest BCUT2D eigenvalue weighted by Crippen LogP contribution is -2.52. The van der Waals surface area contributed by atoms with E-state index in [1.54, 1.807) is 0 Å². The Morgan fingerprint density at radius 3 is 2.42 bits per heavy atom. The highest BCUT2D eigenvalue weighted by Crippen LogP contribution is 2.16. The van der Waals surface area contributed by atoms with E-state index in [1.165, 1.54) is 0 Å². The summed E-state index contributed by atoms with van der Waals surface area (Å²) < 4.78 is 5.42. The number of unbranched alkanes of at least 4 members (excludes halogenated alkanes) is 1. The number of rotatable bonds is 4. The molecule has 19 heavy (non-hydrogen) atoms. The molecule has 0 bridgehead atoms. The van der Waals surface area contributed by atoms with Crippen molar-refractivity contribution in [1.82, 2.24) is 9.80 Å². The molecule has 2 rings (SSSR count). The van der Waals surface area contributed by atoms with Gasteiger partial charge in [0, 0.05) is 39.2 Å². The molecule has 1 atom stereocenters. The molecule has 2 heterocycles. The van der Waals surface area contributed by atoms with Crippen LogP contribution in [0, 0.1) is 0 Å². The lowest BCUT2D eigenvalue weighted by Gasteiger charge is -2.35. The summed E-state index contributed by atoms with van der Waals surface area (Å²) in [6.07, 6.45) is 4.22. The van der Waals surface area contributed by atoms with Crippen LogP contribution in [0.1, 0.15) is 39.0 Å². The van der Waals surface area contributed by atoms with Gasteiger partial charge in [0.2, 0.25) is 5.91 Å². The number of hydrogen-bond acceptors (Lipinski definition) is 3. The lowest BCUT2D eigenvalue weighted by molar-refractivity contribution is -0.146. The maximum absolute atomic E-state index is 12.1. The van der Waals surface area contributed by atoms with Gasteiger partial charge in [0.15, 0.2) is 0 Å². The Morgan fingerprint density at radius 2 is 1.84 bits per heavy atom. The highest BCUT2D eigenvalue weighted by Gasteiger charge is 2.31. The number of amides is 2. The quantitative estimate of drug-likeness (QED) is 0.765. The minimum Gasteiger partial charge on any atom is -0.368 e. The Bertz CT molecular complexity index is 319. The molecule has 0 aliphatic carbocycles. The summed E-state index contributed by atoms with van der Waals surface area (Å²) >= 11 is 0. The Kier molecular flexibility index (Phi) is 5.19. The molecular weight excluding hydrogens is 244 g/mol. The van der Waals surface area contributed by atoms with Gasteiger partial charge in [0.25, 0.3) is 5.91 Å².